The van der Waals surface area contributed by atoms with E-state index in [1.54, 1.807) is 23.6 Å². The van der Waals surface area contributed by atoms with Crippen LogP contribution in [-0.2, 0) is 17.7 Å². The summed E-state index contributed by atoms with van der Waals surface area (Å²) in [5.41, 5.74) is 1.97. The molecule has 0 atom stereocenters. The van der Waals surface area contributed by atoms with E-state index < -0.39 is 0 Å². The third-order valence-corrected chi connectivity index (χ3v) is 5.21. The fourth-order valence-electron chi connectivity index (χ4n) is 2.77. The number of hydrogen-bond donors (Lipinski definition) is 2. The van der Waals surface area contributed by atoms with Gasteiger partial charge in [-0.25, -0.2) is 9.78 Å². The molecule has 8 nitrogen and oxygen atoms in total. The SMILES string of the molecule is COCCN(Cc1nc(C(=O)NCCc2ccccn2)cs1)C(=O)Nc1ccccc1. The van der Waals surface area contributed by atoms with Crippen molar-refractivity contribution in [2.45, 2.75) is 13.0 Å². The van der Waals surface area contributed by atoms with Crippen molar-refractivity contribution in [2.75, 3.05) is 32.1 Å². The van der Waals surface area contributed by atoms with Crippen molar-refractivity contribution in [1.82, 2.24) is 20.2 Å². The summed E-state index contributed by atoms with van der Waals surface area (Å²) in [6, 6.07) is 14.7. The van der Waals surface area contributed by atoms with Crippen LogP contribution in [0.3, 0.4) is 0 Å². The Kier molecular flexibility index (Phi) is 8.50. The molecule has 9 heteroatoms. The first kappa shape index (κ1) is 22.4. The molecule has 3 aromatic rings. The summed E-state index contributed by atoms with van der Waals surface area (Å²) in [7, 11) is 1.59. The Morgan fingerprint density at radius 1 is 1.13 bits per heavy atom. The molecule has 1 aromatic carbocycles. The molecule has 2 heterocycles. The molecule has 0 aliphatic rings. The van der Waals surface area contributed by atoms with Crippen molar-refractivity contribution >= 4 is 29.0 Å². The summed E-state index contributed by atoms with van der Waals surface area (Å²) in [6.45, 7) is 1.56. The van der Waals surface area contributed by atoms with Crippen LogP contribution in [0, 0.1) is 0 Å². The van der Waals surface area contributed by atoms with E-state index in [4.69, 9.17) is 4.74 Å². The molecule has 3 amide bonds. The Labute approximate surface area is 185 Å². The number of para-hydroxylation sites is 1. The highest BCUT2D eigenvalue weighted by Crippen LogP contribution is 2.14. The first-order valence-electron chi connectivity index (χ1n) is 9.88. The summed E-state index contributed by atoms with van der Waals surface area (Å²) in [6.07, 6.45) is 2.38. The van der Waals surface area contributed by atoms with Gasteiger partial charge in [0.15, 0.2) is 0 Å². The quantitative estimate of drug-likeness (QED) is 0.506. The van der Waals surface area contributed by atoms with Crippen molar-refractivity contribution in [1.29, 1.82) is 0 Å². The maximum Gasteiger partial charge on any atom is 0.322 e. The van der Waals surface area contributed by atoms with Crippen LogP contribution in [0.2, 0.25) is 0 Å². The largest absolute Gasteiger partial charge is 0.383 e. The summed E-state index contributed by atoms with van der Waals surface area (Å²) in [5.74, 6) is -0.240. The van der Waals surface area contributed by atoms with Crippen molar-refractivity contribution in [3.8, 4) is 0 Å². The van der Waals surface area contributed by atoms with E-state index in [9.17, 15) is 9.59 Å². The Morgan fingerprint density at radius 2 is 1.94 bits per heavy atom. The van der Waals surface area contributed by atoms with E-state index in [1.165, 1.54) is 11.3 Å². The number of nitrogens with zero attached hydrogens (tertiary/aromatic N) is 3. The lowest BCUT2D eigenvalue weighted by Crippen LogP contribution is -2.36. The Balaban J connectivity index is 1.55. The molecule has 162 valence electrons. The Hall–Kier alpha value is -3.30. The predicted octanol–water partition coefficient (Wildman–Crippen LogP) is 3.19. The smallest absolute Gasteiger partial charge is 0.322 e. The summed E-state index contributed by atoms with van der Waals surface area (Å²) < 4.78 is 5.13. The van der Waals surface area contributed by atoms with Gasteiger partial charge in [0.2, 0.25) is 0 Å². The Bertz CT molecular complexity index is 966. The fraction of sp³-hybridized carbons (Fsp3) is 0.273. The fourth-order valence-corrected chi connectivity index (χ4v) is 3.56. The van der Waals surface area contributed by atoms with Gasteiger partial charge in [-0.1, -0.05) is 24.3 Å². The first-order chi connectivity index (χ1) is 15.2. The van der Waals surface area contributed by atoms with E-state index in [2.05, 4.69) is 20.6 Å². The average molecular weight is 440 g/mol. The number of anilines is 1. The molecule has 0 radical (unpaired) electrons. The van der Waals surface area contributed by atoms with Gasteiger partial charge in [0.05, 0.1) is 13.2 Å². The van der Waals surface area contributed by atoms with Crippen LogP contribution in [-0.4, -0.2) is 53.6 Å². The third-order valence-electron chi connectivity index (χ3n) is 4.38. The highest BCUT2D eigenvalue weighted by molar-refractivity contribution is 7.09. The van der Waals surface area contributed by atoms with Crippen LogP contribution in [0.4, 0.5) is 10.5 Å². The number of carbonyl (C=O) groups is 2. The number of hydrogen-bond acceptors (Lipinski definition) is 6. The van der Waals surface area contributed by atoms with Crippen LogP contribution in [0.1, 0.15) is 21.2 Å². The number of methoxy groups -OCH3 is 1. The maximum absolute atomic E-state index is 12.7. The van der Waals surface area contributed by atoms with Crippen LogP contribution in [0.25, 0.3) is 0 Å². The van der Waals surface area contributed by atoms with Gasteiger partial charge in [0.1, 0.15) is 10.7 Å². The van der Waals surface area contributed by atoms with Crippen molar-refractivity contribution in [2.24, 2.45) is 0 Å². The van der Waals surface area contributed by atoms with E-state index in [-0.39, 0.29) is 18.5 Å². The monoisotopic (exact) mass is 439 g/mol. The molecular formula is C22H25N5O3S. The van der Waals surface area contributed by atoms with Crippen molar-refractivity contribution in [3.05, 3.63) is 76.5 Å². The van der Waals surface area contributed by atoms with E-state index in [1.807, 2.05) is 48.5 Å². The number of benzene rings is 1. The normalized spacial score (nSPS) is 10.5. The predicted molar refractivity (Wildman–Crippen MR) is 120 cm³/mol. The molecular weight excluding hydrogens is 414 g/mol. The summed E-state index contributed by atoms with van der Waals surface area (Å²) in [5, 5.41) is 8.10. The number of nitrogens with one attached hydrogen (secondary N) is 2. The van der Waals surface area contributed by atoms with E-state index in [0.717, 1.165) is 5.69 Å². The Morgan fingerprint density at radius 3 is 2.68 bits per heavy atom. The number of carbonyl (C=O) groups excluding carboxylic acids is 2. The van der Waals surface area contributed by atoms with Gasteiger partial charge < -0.3 is 20.3 Å². The number of thiazole rings is 1. The molecule has 0 spiro atoms. The van der Waals surface area contributed by atoms with Gasteiger partial charge in [0, 0.05) is 49.6 Å². The summed E-state index contributed by atoms with van der Waals surface area (Å²) >= 11 is 1.35. The maximum atomic E-state index is 12.7. The van der Waals surface area contributed by atoms with Crippen LogP contribution >= 0.6 is 11.3 Å². The van der Waals surface area contributed by atoms with Gasteiger partial charge in [0.25, 0.3) is 5.91 Å². The molecule has 0 unspecified atom stereocenters. The molecule has 0 aliphatic carbocycles. The molecule has 2 aromatic heterocycles. The van der Waals surface area contributed by atoms with Crippen LogP contribution in [0.5, 0.6) is 0 Å². The van der Waals surface area contributed by atoms with Crippen LogP contribution in [0.15, 0.2) is 60.1 Å². The zero-order valence-electron chi connectivity index (χ0n) is 17.3. The van der Waals surface area contributed by atoms with Gasteiger partial charge in [-0.3, -0.25) is 9.78 Å². The highest BCUT2D eigenvalue weighted by Gasteiger charge is 2.17. The van der Waals surface area contributed by atoms with Gasteiger partial charge >= 0.3 is 6.03 Å². The van der Waals surface area contributed by atoms with E-state index in [0.29, 0.717) is 42.5 Å². The lowest BCUT2D eigenvalue weighted by Gasteiger charge is -2.21. The molecule has 0 aliphatic heterocycles. The molecule has 3 rings (SSSR count). The zero-order valence-corrected chi connectivity index (χ0v) is 18.1. The number of pyridine rings is 1. The molecule has 31 heavy (non-hydrogen) atoms. The van der Waals surface area contributed by atoms with E-state index >= 15 is 0 Å². The summed E-state index contributed by atoms with van der Waals surface area (Å²) in [4.78, 5) is 35.3. The lowest BCUT2D eigenvalue weighted by atomic mass is 10.2. The minimum Gasteiger partial charge on any atom is -0.383 e. The van der Waals surface area contributed by atoms with Crippen molar-refractivity contribution in [3.63, 3.8) is 0 Å². The second-order valence-electron chi connectivity index (χ2n) is 6.66. The number of aromatic nitrogens is 2. The molecule has 0 saturated carbocycles. The number of amides is 3. The molecule has 2 N–H and O–H groups in total. The lowest BCUT2D eigenvalue weighted by molar-refractivity contribution is 0.0949. The highest BCUT2D eigenvalue weighted by atomic mass is 32.1. The topological polar surface area (TPSA) is 96.4 Å². The number of rotatable bonds is 10. The van der Waals surface area contributed by atoms with Gasteiger partial charge in [-0.15, -0.1) is 11.3 Å². The van der Waals surface area contributed by atoms with Crippen molar-refractivity contribution < 1.29 is 14.3 Å². The van der Waals surface area contributed by atoms with Gasteiger partial charge in [-0.2, -0.15) is 0 Å². The van der Waals surface area contributed by atoms with Crippen LogP contribution < -0.4 is 10.6 Å². The third kappa shape index (κ3) is 7.16. The zero-order chi connectivity index (χ0) is 21.9. The minimum atomic E-state index is -0.250. The molecule has 0 fully saturated rings. The van der Waals surface area contributed by atoms with Gasteiger partial charge in [-0.05, 0) is 24.3 Å². The molecule has 0 saturated heterocycles. The average Bonchev–Trinajstić information content (AvgIpc) is 3.26. The molecule has 0 bridgehead atoms. The number of ether oxygens (including phenoxy) is 1. The second-order valence-corrected chi connectivity index (χ2v) is 7.61. The minimum absolute atomic E-state index is 0.240. The second kappa shape index (κ2) is 11.8. The number of urea groups is 1. The first-order valence-corrected chi connectivity index (χ1v) is 10.8. The standard InChI is InChI=1S/C22H25N5O3S/c1-30-14-13-27(22(29)25-18-8-3-2-4-9-18)15-20-26-19(16-31-20)21(28)24-12-10-17-7-5-6-11-23-17/h2-9,11,16H,10,12-15H2,1H3,(H,24,28)(H,25,29).